The van der Waals surface area contributed by atoms with E-state index in [4.69, 9.17) is 15.4 Å². The van der Waals surface area contributed by atoms with Crippen LogP contribution in [0.15, 0.2) is 15.9 Å². The van der Waals surface area contributed by atoms with Gasteiger partial charge in [0.2, 0.25) is 0 Å². The Bertz CT molecular complexity index is 668. The minimum Gasteiger partial charge on any atom is -0.481 e. The van der Waals surface area contributed by atoms with Gasteiger partial charge in [-0.2, -0.15) is 8.42 Å². The quantitative estimate of drug-likeness (QED) is 0.203. The molecule has 11 heteroatoms. The van der Waals surface area contributed by atoms with Gasteiger partial charge in [-0.1, -0.05) is 0 Å². The monoisotopic (exact) mass is 308 g/mol. The lowest BCUT2D eigenvalue weighted by Gasteiger charge is -2.09. The first-order valence-corrected chi connectivity index (χ1v) is 6.42. The maximum atomic E-state index is 11.0. The van der Waals surface area contributed by atoms with Crippen LogP contribution in [0.25, 0.3) is 0 Å². The highest BCUT2D eigenvalue weighted by Gasteiger charge is 2.28. The van der Waals surface area contributed by atoms with Crippen molar-refractivity contribution in [2.75, 3.05) is 5.73 Å². The summed E-state index contributed by atoms with van der Waals surface area (Å²) < 4.78 is 31.0. The van der Waals surface area contributed by atoms with Crippen molar-refractivity contribution in [2.45, 2.75) is 16.2 Å². The van der Waals surface area contributed by atoms with Gasteiger partial charge < -0.3 is 10.8 Å². The minimum absolute atomic E-state index is 0.427. The molecular weight excluding hydrogens is 300 g/mol. The minimum atomic E-state index is -4.75. The molecule has 0 aliphatic rings. The van der Waals surface area contributed by atoms with Gasteiger partial charge in [0.25, 0.3) is 15.8 Å². The smallest absolute Gasteiger partial charge is 0.308 e. The Labute approximate surface area is 112 Å². The van der Waals surface area contributed by atoms with Crippen molar-refractivity contribution in [3.8, 4) is 0 Å². The number of hydrogen-bond acceptors (Lipinski definition) is 7. The molecule has 0 fully saturated rings. The predicted molar refractivity (Wildman–Crippen MR) is 65.9 cm³/mol. The van der Waals surface area contributed by atoms with Gasteiger partial charge in [-0.25, -0.2) is 0 Å². The maximum absolute atomic E-state index is 11.0. The summed E-state index contributed by atoms with van der Waals surface area (Å²) in [5.74, 6) is -1.41. The molecule has 9 nitrogen and oxygen atoms in total. The second-order valence-electron chi connectivity index (χ2n) is 3.45. The molecule has 0 amide bonds. The highest BCUT2D eigenvalue weighted by molar-refractivity contribution is 7.86. The lowest BCUT2D eigenvalue weighted by molar-refractivity contribution is -0.388. The van der Waals surface area contributed by atoms with Gasteiger partial charge in [0.1, 0.15) is 9.79 Å². The number of aliphatic carboxylic acids is 1. The van der Waals surface area contributed by atoms with Crippen molar-refractivity contribution in [1.29, 1.82) is 0 Å². The van der Waals surface area contributed by atoms with E-state index in [1.807, 2.05) is 0 Å². The summed E-state index contributed by atoms with van der Waals surface area (Å²) in [6, 6.07) is 0.649. The van der Waals surface area contributed by atoms with Crippen LogP contribution in [0.4, 0.5) is 11.4 Å². The lowest BCUT2D eigenvalue weighted by atomic mass is 10.1. The van der Waals surface area contributed by atoms with Crippen LogP contribution in [0.5, 0.6) is 0 Å². The topological polar surface area (TPSA) is 161 Å². The number of rotatable bonds is 4. The van der Waals surface area contributed by atoms with E-state index < -0.39 is 54.2 Å². The van der Waals surface area contributed by atoms with Gasteiger partial charge in [0.05, 0.1) is 17.0 Å². The molecule has 1 aromatic carbocycles. The Morgan fingerprint density at radius 3 is 2.42 bits per heavy atom. The molecule has 1 aromatic rings. The normalized spacial score (nSPS) is 11.3. The van der Waals surface area contributed by atoms with Gasteiger partial charge in [0, 0.05) is 5.56 Å². The van der Waals surface area contributed by atoms with Crippen molar-refractivity contribution in [2.24, 2.45) is 0 Å². The third-order valence-corrected chi connectivity index (χ3v) is 3.50. The number of nitrogens with two attached hydrogens (primary N) is 1. The van der Waals surface area contributed by atoms with Gasteiger partial charge in [0.15, 0.2) is 0 Å². The summed E-state index contributed by atoms with van der Waals surface area (Å²) in [7, 11) is -4.75. The number of nitrogen functional groups attached to an aromatic ring is 1. The fourth-order valence-corrected chi connectivity index (χ4v) is 2.51. The van der Waals surface area contributed by atoms with E-state index in [-0.39, 0.29) is 0 Å². The van der Waals surface area contributed by atoms with E-state index in [0.29, 0.717) is 6.07 Å². The second kappa shape index (κ2) is 5.03. The molecule has 0 saturated heterocycles. The third-order valence-electron chi connectivity index (χ3n) is 2.16. The largest absolute Gasteiger partial charge is 0.481 e. The fraction of sp³-hybridized carbons (Fsp3) is 0.125. The van der Waals surface area contributed by atoms with Crippen LogP contribution in [-0.4, -0.2) is 29.0 Å². The van der Waals surface area contributed by atoms with E-state index >= 15 is 0 Å². The number of hydrogen-bond donors (Lipinski definition) is 4. The summed E-state index contributed by atoms with van der Waals surface area (Å²) in [5, 5.41) is 19.5. The zero-order chi connectivity index (χ0) is 15.0. The van der Waals surface area contributed by atoms with Crippen LogP contribution in [0.1, 0.15) is 5.56 Å². The van der Waals surface area contributed by atoms with Crippen LogP contribution in [0.2, 0.25) is 0 Å². The number of nitro benzene ring substituents is 1. The molecule has 0 unspecified atom stereocenters. The molecular formula is C8H8N2O7S2. The molecule has 0 bridgehead atoms. The predicted octanol–water partition coefficient (Wildman–Crippen LogP) is 0.340. The lowest BCUT2D eigenvalue weighted by Crippen LogP contribution is -2.10. The molecule has 0 aliphatic carbocycles. The van der Waals surface area contributed by atoms with Crippen LogP contribution in [-0.2, 0) is 21.3 Å². The average Bonchev–Trinajstić information content (AvgIpc) is 2.20. The van der Waals surface area contributed by atoms with Crippen molar-refractivity contribution in [1.82, 2.24) is 0 Å². The Morgan fingerprint density at radius 2 is 2.05 bits per heavy atom. The number of nitro groups is 1. The average molecular weight is 308 g/mol. The van der Waals surface area contributed by atoms with Gasteiger partial charge in [-0.3, -0.25) is 19.5 Å². The Balaban J connectivity index is 3.73. The number of anilines is 1. The SMILES string of the molecule is Nc1c(S(=O)(=O)O)cc(CC(=O)O)c([N+](=O)[O-])c1S. The van der Waals surface area contributed by atoms with E-state index in [2.05, 4.69) is 12.6 Å². The first-order valence-electron chi connectivity index (χ1n) is 4.53. The molecule has 4 N–H and O–H groups in total. The Morgan fingerprint density at radius 1 is 1.53 bits per heavy atom. The molecule has 1 rings (SSSR count). The number of benzene rings is 1. The van der Waals surface area contributed by atoms with Gasteiger partial charge in [-0.15, -0.1) is 12.6 Å². The summed E-state index contributed by atoms with van der Waals surface area (Å²) in [4.78, 5) is 19.2. The molecule has 0 atom stereocenters. The second-order valence-corrected chi connectivity index (χ2v) is 5.28. The van der Waals surface area contributed by atoms with E-state index in [1.54, 1.807) is 0 Å². The van der Waals surface area contributed by atoms with Crippen molar-refractivity contribution >= 4 is 40.1 Å². The van der Waals surface area contributed by atoms with Crippen LogP contribution < -0.4 is 5.73 Å². The van der Waals surface area contributed by atoms with E-state index in [1.165, 1.54) is 0 Å². The maximum Gasteiger partial charge on any atom is 0.308 e. The molecule has 0 aliphatic heterocycles. The zero-order valence-electron chi connectivity index (χ0n) is 9.10. The van der Waals surface area contributed by atoms with Crippen LogP contribution >= 0.6 is 12.6 Å². The zero-order valence-corrected chi connectivity index (χ0v) is 10.8. The van der Waals surface area contributed by atoms with Crippen molar-refractivity contribution in [3.63, 3.8) is 0 Å². The number of thiol groups is 1. The first-order chi connectivity index (χ1) is 8.55. The number of carboxylic acids is 1. The van der Waals surface area contributed by atoms with Gasteiger partial charge in [-0.05, 0) is 6.07 Å². The molecule has 104 valence electrons. The highest BCUT2D eigenvalue weighted by atomic mass is 32.2. The molecule has 0 aromatic heterocycles. The number of carboxylic acid groups (broad SMARTS) is 1. The summed E-state index contributed by atoms with van der Waals surface area (Å²) in [6.45, 7) is 0. The molecule has 0 radical (unpaired) electrons. The van der Waals surface area contributed by atoms with Crippen LogP contribution in [0.3, 0.4) is 0 Å². The molecule has 0 heterocycles. The van der Waals surface area contributed by atoms with Crippen molar-refractivity contribution in [3.05, 3.63) is 21.7 Å². The molecule has 19 heavy (non-hydrogen) atoms. The van der Waals surface area contributed by atoms with E-state index in [0.717, 1.165) is 0 Å². The number of carbonyl (C=O) groups is 1. The Hall–Kier alpha value is -1.85. The van der Waals surface area contributed by atoms with Crippen molar-refractivity contribution < 1.29 is 27.8 Å². The summed E-state index contributed by atoms with van der Waals surface area (Å²) in [5.41, 5.74) is 3.58. The summed E-state index contributed by atoms with van der Waals surface area (Å²) in [6.07, 6.45) is -0.813. The fourth-order valence-electron chi connectivity index (χ4n) is 1.42. The van der Waals surface area contributed by atoms with Crippen LogP contribution in [0, 0.1) is 10.1 Å². The highest BCUT2D eigenvalue weighted by Crippen LogP contribution is 2.37. The standard InChI is InChI=1S/C8H8N2O7S2/c9-6-4(19(15,16)17)1-3(2-5(11)12)7(8(6)18)10(13)14/h1,18H,2,9H2,(H,11,12)(H,15,16,17). The Kier molecular flexibility index (Phi) is 4.03. The number of nitrogens with zero attached hydrogens (tertiary/aromatic N) is 1. The summed E-state index contributed by atoms with van der Waals surface area (Å²) >= 11 is 3.71. The molecule has 0 saturated carbocycles. The third kappa shape index (κ3) is 3.13. The first kappa shape index (κ1) is 15.2. The van der Waals surface area contributed by atoms with E-state index in [9.17, 15) is 23.3 Å². The molecule has 0 spiro atoms. The van der Waals surface area contributed by atoms with Gasteiger partial charge >= 0.3 is 5.97 Å².